The molecule has 0 fully saturated rings. The second-order valence-electron chi connectivity index (χ2n) is 4.66. The van der Waals surface area contributed by atoms with Gasteiger partial charge in [0.1, 0.15) is 0 Å². The second kappa shape index (κ2) is 7.83. The molecule has 0 radical (unpaired) electrons. The lowest BCUT2D eigenvalue weighted by Gasteiger charge is -2.12. The van der Waals surface area contributed by atoms with Crippen molar-refractivity contribution in [3.63, 3.8) is 0 Å². The molecule has 5 heteroatoms. The monoisotopic (exact) mass is 429 g/mol. The molecule has 2 rings (SSSR count). The zero-order chi connectivity index (χ0) is 16.1. The SMILES string of the molecule is CCOc1cc(C=Nc2cc(Cl)ccc2C)cc(I)c1OC. The van der Waals surface area contributed by atoms with Crippen LogP contribution in [-0.2, 0) is 0 Å². The summed E-state index contributed by atoms with van der Waals surface area (Å²) >= 11 is 8.25. The predicted molar refractivity (Wildman–Crippen MR) is 100 cm³/mol. The fourth-order valence-corrected chi connectivity index (χ4v) is 3.00. The number of rotatable bonds is 5. The molecule has 0 spiro atoms. The summed E-state index contributed by atoms with van der Waals surface area (Å²) in [6, 6.07) is 9.60. The Bertz CT molecular complexity index is 701. The zero-order valence-electron chi connectivity index (χ0n) is 12.7. The minimum absolute atomic E-state index is 0.584. The maximum atomic E-state index is 6.02. The van der Waals surface area contributed by atoms with E-state index in [-0.39, 0.29) is 0 Å². The third kappa shape index (κ3) is 4.14. The number of benzene rings is 2. The van der Waals surface area contributed by atoms with Gasteiger partial charge in [-0.05, 0) is 71.8 Å². The van der Waals surface area contributed by atoms with Crippen molar-refractivity contribution in [2.45, 2.75) is 13.8 Å². The van der Waals surface area contributed by atoms with E-state index in [1.54, 1.807) is 7.11 Å². The summed E-state index contributed by atoms with van der Waals surface area (Å²) in [5.74, 6) is 1.47. The first-order chi connectivity index (χ1) is 10.5. The van der Waals surface area contributed by atoms with Crippen molar-refractivity contribution in [3.05, 3.63) is 50.1 Å². The standard InChI is InChI=1S/C17H17ClINO2/c1-4-22-16-8-12(7-14(19)17(16)21-3)10-20-15-9-13(18)6-5-11(15)2/h5-10H,4H2,1-3H3. The van der Waals surface area contributed by atoms with Gasteiger partial charge in [0.05, 0.1) is 23.0 Å². The van der Waals surface area contributed by atoms with Gasteiger partial charge in [0.2, 0.25) is 0 Å². The Hall–Kier alpha value is -1.27. The average Bonchev–Trinajstić information content (AvgIpc) is 2.48. The molecule has 0 saturated carbocycles. The Morgan fingerprint density at radius 2 is 2.05 bits per heavy atom. The molecule has 0 aromatic heterocycles. The Balaban J connectivity index is 2.36. The third-order valence-electron chi connectivity index (χ3n) is 3.06. The van der Waals surface area contributed by atoms with E-state index in [1.165, 1.54) is 0 Å². The largest absolute Gasteiger partial charge is 0.492 e. The Morgan fingerprint density at radius 3 is 2.73 bits per heavy atom. The van der Waals surface area contributed by atoms with E-state index in [2.05, 4.69) is 27.6 Å². The van der Waals surface area contributed by atoms with E-state index in [1.807, 2.05) is 50.4 Å². The van der Waals surface area contributed by atoms with E-state index >= 15 is 0 Å². The molecular formula is C17H17ClINO2. The van der Waals surface area contributed by atoms with E-state index in [9.17, 15) is 0 Å². The lowest BCUT2D eigenvalue weighted by atomic mass is 10.2. The van der Waals surface area contributed by atoms with Crippen LogP contribution < -0.4 is 9.47 Å². The smallest absolute Gasteiger partial charge is 0.174 e. The van der Waals surface area contributed by atoms with Crippen LogP contribution in [0.2, 0.25) is 5.02 Å². The summed E-state index contributed by atoms with van der Waals surface area (Å²) in [7, 11) is 1.64. The van der Waals surface area contributed by atoms with Crippen LogP contribution in [0, 0.1) is 10.5 Å². The second-order valence-corrected chi connectivity index (χ2v) is 6.25. The van der Waals surface area contributed by atoms with Crippen LogP contribution in [0.25, 0.3) is 0 Å². The van der Waals surface area contributed by atoms with Gasteiger partial charge in [-0.3, -0.25) is 4.99 Å². The fraction of sp³-hybridized carbons (Fsp3) is 0.235. The number of hydrogen-bond donors (Lipinski definition) is 0. The molecule has 0 heterocycles. The maximum absolute atomic E-state index is 6.02. The quantitative estimate of drug-likeness (QED) is 0.470. The van der Waals surface area contributed by atoms with Gasteiger partial charge in [-0.2, -0.15) is 0 Å². The number of hydrogen-bond acceptors (Lipinski definition) is 3. The van der Waals surface area contributed by atoms with Crippen molar-refractivity contribution in [2.75, 3.05) is 13.7 Å². The van der Waals surface area contributed by atoms with Crippen LogP contribution in [0.5, 0.6) is 11.5 Å². The van der Waals surface area contributed by atoms with Crippen LogP contribution in [0.1, 0.15) is 18.1 Å². The Kier molecular flexibility index (Phi) is 6.08. The first-order valence-corrected chi connectivity index (χ1v) is 8.31. The van der Waals surface area contributed by atoms with Crippen LogP contribution in [0.15, 0.2) is 35.3 Å². The van der Waals surface area contributed by atoms with Gasteiger partial charge in [0.25, 0.3) is 0 Å². The minimum Gasteiger partial charge on any atom is -0.492 e. The number of aryl methyl sites for hydroxylation is 1. The molecule has 0 aliphatic rings. The Labute approximate surface area is 149 Å². The molecule has 2 aromatic rings. The first kappa shape index (κ1) is 17.1. The summed E-state index contributed by atoms with van der Waals surface area (Å²) in [4.78, 5) is 4.53. The molecule has 0 saturated heterocycles. The van der Waals surface area contributed by atoms with Gasteiger partial charge < -0.3 is 9.47 Å². The van der Waals surface area contributed by atoms with E-state index in [4.69, 9.17) is 21.1 Å². The summed E-state index contributed by atoms with van der Waals surface area (Å²) in [6.45, 7) is 4.54. The summed E-state index contributed by atoms with van der Waals surface area (Å²) in [5, 5.41) is 0.678. The molecule has 0 amide bonds. The molecular weight excluding hydrogens is 413 g/mol. The van der Waals surface area contributed by atoms with Crippen LogP contribution in [-0.4, -0.2) is 19.9 Å². The van der Waals surface area contributed by atoms with E-state index in [0.717, 1.165) is 31.9 Å². The van der Waals surface area contributed by atoms with E-state index < -0.39 is 0 Å². The van der Waals surface area contributed by atoms with Gasteiger partial charge >= 0.3 is 0 Å². The normalized spacial score (nSPS) is 11.0. The van der Waals surface area contributed by atoms with Crippen molar-refractivity contribution >= 4 is 46.1 Å². The third-order valence-corrected chi connectivity index (χ3v) is 4.10. The summed E-state index contributed by atoms with van der Waals surface area (Å²) < 4.78 is 12.0. The molecule has 0 unspecified atom stereocenters. The van der Waals surface area contributed by atoms with Crippen LogP contribution in [0.3, 0.4) is 0 Å². The molecule has 0 atom stereocenters. The number of aliphatic imine (C=N–C) groups is 1. The van der Waals surface area contributed by atoms with Gasteiger partial charge in [0.15, 0.2) is 11.5 Å². The van der Waals surface area contributed by atoms with Gasteiger partial charge in [-0.15, -0.1) is 0 Å². The zero-order valence-corrected chi connectivity index (χ0v) is 15.6. The van der Waals surface area contributed by atoms with Gasteiger partial charge in [-0.1, -0.05) is 17.7 Å². The fourth-order valence-electron chi connectivity index (χ4n) is 1.99. The molecule has 116 valence electrons. The van der Waals surface area contributed by atoms with Crippen molar-refractivity contribution in [2.24, 2.45) is 4.99 Å². The van der Waals surface area contributed by atoms with E-state index in [0.29, 0.717) is 11.6 Å². The van der Waals surface area contributed by atoms with Gasteiger partial charge in [-0.25, -0.2) is 0 Å². The Morgan fingerprint density at radius 1 is 1.27 bits per heavy atom. The molecule has 3 nitrogen and oxygen atoms in total. The summed E-state index contributed by atoms with van der Waals surface area (Å²) in [5.41, 5.74) is 2.89. The average molecular weight is 430 g/mol. The highest BCUT2D eigenvalue weighted by atomic mass is 127. The van der Waals surface area contributed by atoms with Crippen molar-refractivity contribution in [1.29, 1.82) is 0 Å². The first-order valence-electron chi connectivity index (χ1n) is 6.85. The number of nitrogens with zero attached hydrogens (tertiary/aromatic N) is 1. The lowest BCUT2D eigenvalue weighted by Crippen LogP contribution is -1.98. The number of methoxy groups -OCH3 is 1. The molecule has 2 aromatic carbocycles. The highest BCUT2D eigenvalue weighted by Crippen LogP contribution is 2.33. The minimum atomic E-state index is 0.584. The molecule has 0 aliphatic heterocycles. The number of halogens is 2. The molecule has 22 heavy (non-hydrogen) atoms. The number of ether oxygens (including phenoxy) is 2. The van der Waals surface area contributed by atoms with Crippen LogP contribution in [0.4, 0.5) is 5.69 Å². The molecule has 0 bridgehead atoms. The van der Waals surface area contributed by atoms with Gasteiger partial charge in [0, 0.05) is 11.2 Å². The highest BCUT2D eigenvalue weighted by Gasteiger charge is 2.10. The summed E-state index contributed by atoms with van der Waals surface area (Å²) in [6.07, 6.45) is 1.81. The molecule has 0 N–H and O–H groups in total. The highest BCUT2D eigenvalue weighted by molar-refractivity contribution is 14.1. The topological polar surface area (TPSA) is 30.8 Å². The van der Waals surface area contributed by atoms with Crippen LogP contribution >= 0.6 is 34.2 Å². The molecule has 0 aliphatic carbocycles. The maximum Gasteiger partial charge on any atom is 0.174 e. The lowest BCUT2D eigenvalue weighted by molar-refractivity contribution is 0.309. The van der Waals surface area contributed by atoms with Crippen molar-refractivity contribution in [3.8, 4) is 11.5 Å². The van der Waals surface area contributed by atoms with Crippen molar-refractivity contribution < 1.29 is 9.47 Å². The van der Waals surface area contributed by atoms with Crippen molar-refractivity contribution in [1.82, 2.24) is 0 Å². The predicted octanol–water partition coefficient (Wildman–Crippen LogP) is 5.41.